The topological polar surface area (TPSA) is 75.6 Å². The molecule has 1 aromatic rings. The van der Waals surface area contributed by atoms with Crippen LogP contribution in [0.3, 0.4) is 0 Å². The highest BCUT2D eigenvalue weighted by molar-refractivity contribution is 5.93. The zero-order valence-electron chi connectivity index (χ0n) is 11.7. The average molecular weight is 265 g/mol. The lowest BCUT2D eigenvalue weighted by Gasteiger charge is -2.16. The van der Waals surface area contributed by atoms with Gasteiger partial charge >= 0.3 is 5.97 Å². The predicted molar refractivity (Wildman–Crippen MR) is 71.3 cm³/mol. The molecule has 0 saturated heterocycles. The molecule has 0 fully saturated rings. The lowest BCUT2D eigenvalue weighted by Crippen LogP contribution is -2.26. The number of aliphatic carboxylic acids is 1. The van der Waals surface area contributed by atoms with Crippen molar-refractivity contribution in [2.75, 3.05) is 7.11 Å². The summed E-state index contributed by atoms with van der Waals surface area (Å²) in [6.45, 7) is 6.18. The van der Waals surface area contributed by atoms with Crippen molar-refractivity contribution in [2.45, 2.75) is 33.7 Å². The minimum absolute atomic E-state index is 0.328. The average Bonchev–Trinajstić information content (AvgIpc) is 2.32. The van der Waals surface area contributed by atoms with Crippen molar-refractivity contribution in [1.82, 2.24) is 5.32 Å². The number of ether oxygens (including phenoxy) is 1. The normalized spacial score (nSPS) is 10.1. The van der Waals surface area contributed by atoms with Crippen LogP contribution < -0.4 is 10.1 Å². The summed E-state index contributed by atoms with van der Waals surface area (Å²) in [5.41, 5.74) is 4.08. The van der Waals surface area contributed by atoms with Gasteiger partial charge in [-0.15, -0.1) is 0 Å². The van der Waals surface area contributed by atoms with Crippen molar-refractivity contribution in [3.05, 3.63) is 28.3 Å². The molecule has 5 heteroatoms. The standard InChI is InChI=1S/C14H19NO4/c1-8-5-12(19-4)10(3)9(2)11(8)7-15-13(16)6-14(17)18/h5H,6-7H2,1-4H3,(H,15,16)(H,17,18). The molecule has 0 aromatic heterocycles. The van der Waals surface area contributed by atoms with Crippen molar-refractivity contribution in [3.63, 3.8) is 0 Å². The molecule has 0 aliphatic carbocycles. The van der Waals surface area contributed by atoms with Gasteiger partial charge in [0.25, 0.3) is 0 Å². The molecule has 2 N–H and O–H groups in total. The molecule has 1 rings (SSSR count). The Morgan fingerprint density at radius 1 is 1.26 bits per heavy atom. The summed E-state index contributed by atoms with van der Waals surface area (Å²) in [6.07, 6.45) is -0.507. The predicted octanol–water partition coefficient (Wildman–Crippen LogP) is 1.71. The van der Waals surface area contributed by atoms with Crippen LogP contribution in [0.15, 0.2) is 6.07 Å². The Morgan fingerprint density at radius 2 is 1.89 bits per heavy atom. The summed E-state index contributed by atoms with van der Waals surface area (Å²) < 4.78 is 5.27. The molecule has 0 aliphatic rings. The summed E-state index contributed by atoms with van der Waals surface area (Å²) in [4.78, 5) is 21.8. The van der Waals surface area contributed by atoms with E-state index in [4.69, 9.17) is 9.84 Å². The van der Waals surface area contributed by atoms with E-state index in [2.05, 4.69) is 5.32 Å². The largest absolute Gasteiger partial charge is 0.496 e. The Labute approximate surface area is 112 Å². The molecule has 0 heterocycles. The Balaban J connectivity index is 2.87. The number of benzene rings is 1. The van der Waals surface area contributed by atoms with Gasteiger partial charge in [-0.25, -0.2) is 0 Å². The number of carboxylic acids is 1. The van der Waals surface area contributed by atoms with Crippen LogP contribution in [-0.2, 0) is 16.1 Å². The fourth-order valence-electron chi connectivity index (χ4n) is 1.97. The van der Waals surface area contributed by atoms with Gasteiger partial charge in [-0.05, 0) is 49.1 Å². The van der Waals surface area contributed by atoms with Crippen molar-refractivity contribution in [1.29, 1.82) is 0 Å². The van der Waals surface area contributed by atoms with Gasteiger partial charge in [0.15, 0.2) is 0 Å². The van der Waals surface area contributed by atoms with Gasteiger partial charge in [0, 0.05) is 6.54 Å². The minimum atomic E-state index is -1.13. The van der Waals surface area contributed by atoms with E-state index in [1.54, 1.807) is 7.11 Å². The number of amides is 1. The smallest absolute Gasteiger partial charge is 0.312 e. The molecule has 1 aromatic carbocycles. The van der Waals surface area contributed by atoms with Gasteiger partial charge in [0.2, 0.25) is 5.91 Å². The molecule has 104 valence electrons. The van der Waals surface area contributed by atoms with Crippen LogP contribution in [0.1, 0.15) is 28.7 Å². The molecule has 0 bridgehead atoms. The number of carbonyl (C=O) groups is 2. The first-order valence-electron chi connectivity index (χ1n) is 5.99. The molecule has 0 atom stereocenters. The monoisotopic (exact) mass is 265 g/mol. The van der Waals surface area contributed by atoms with Crippen LogP contribution >= 0.6 is 0 Å². The van der Waals surface area contributed by atoms with Crippen molar-refractivity contribution in [3.8, 4) is 5.75 Å². The molecule has 1 amide bonds. The van der Waals surface area contributed by atoms with E-state index in [0.717, 1.165) is 28.0 Å². The van der Waals surface area contributed by atoms with Gasteiger partial charge in [-0.1, -0.05) is 0 Å². The van der Waals surface area contributed by atoms with E-state index in [-0.39, 0.29) is 0 Å². The number of hydrogen-bond acceptors (Lipinski definition) is 3. The summed E-state index contributed by atoms with van der Waals surface area (Å²) >= 11 is 0. The van der Waals surface area contributed by atoms with E-state index < -0.39 is 18.3 Å². The molecular formula is C14H19NO4. The first-order chi connectivity index (χ1) is 8.86. The lowest BCUT2D eigenvalue weighted by molar-refractivity contribution is -0.140. The maximum absolute atomic E-state index is 11.3. The van der Waals surface area contributed by atoms with Crippen molar-refractivity contribution >= 4 is 11.9 Å². The summed E-state index contributed by atoms with van der Waals surface area (Å²) in [7, 11) is 1.62. The highest BCUT2D eigenvalue weighted by atomic mass is 16.5. The highest BCUT2D eigenvalue weighted by Crippen LogP contribution is 2.27. The third kappa shape index (κ3) is 3.71. The Bertz CT molecular complexity index is 509. The van der Waals surface area contributed by atoms with Gasteiger partial charge in [0.05, 0.1) is 7.11 Å². The highest BCUT2D eigenvalue weighted by Gasteiger charge is 2.12. The number of nitrogens with one attached hydrogen (secondary N) is 1. The number of methoxy groups -OCH3 is 1. The van der Waals surface area contributed by atoms with Crippen LogP contribution in [-0.4, -0.2) is 24.1 Å². The van der Waals surface area contributed by atoms with Crippen LogP contribution in [0, 0.1) is 20.8 Å². The second-order valence-electron chi connectivity index (χ2n) is 4.47. The van der Waals surface area contributed by atoms with Crippen molar-refractivity contribution < 1.29 is 19.4 Å². The molecule has 5 nitrogen and oxygen atoms in total. The number of aryl methyl sites for hydroxylation is 1. The molecule has 0 spiro atoms. The maximum atomic E-state index is 11.3. The first-order valence-corrected chi connectivity index (χ1v) is 5.99. The second-order valence-corrected chi connectivity index (χ2v) is 4.47. The van der Waals surface area contributed by atoms with Gasteiger partial charge in [-0.3, -0.25) is 9.59 Å². The number of carbonyl (C=O) groups excluding carboxylic acids is 1. The fourth-order valence-corrected chi connectivity index (χ4v) is 1.97. The summed E-state index contributed by atoms with van der Waals surface area (Å²) in [5.74, 6) is -0.799. The Morgan fingerprint density at radius 3 is 2.42 bits per heavy atom. The molecule has 0 aliphatic heterocycles. The zero-order valence-corrected chi connectivity index (χ0v) is 11.7. The van der Waals surface area contributed by atoms with Gasteiger partial charge in [-0.2, -0.15) is 0 Å². The third-order valence-electron chi connectivity index (χ3n) is 3.20. The number of carboxylic acid groups (broad SMARTS) is 1. The number of rotatable bonds is 5. The molecule has 0 radical (unpaired) electrons. The summed E-state index contributed by atoms with van der Waals surface area (Å²) in [6, 6.07) is 1.92. The molecule has 0 saturated carbocycles. The lowest BCUT2D eigenvalue weighted by atomic mass is 9.97. The Hall–Kier alpha value is -2.04. The first kappa shape index (κ1) is 15.0. The van der Waals surface area contributed by atoms with Crippen LogP contribution in [0.2, 0.25) is 0 Å². The number of hydrogen-bond donors (Lipinski definition) is 2. The van der Waals surface area contributed by atoms with Crippen LogP contribution in [0.25, 0.3) is 0 Å². The quantitative estimate of drug-likeness (QED) is 0.795. The minimum Gasteiger partial charge on any atom is -0.496 e. The third-order valence-corrected chi connectivity index (χ3v) is 3.20. The van der Waals surface area contributed by atoms with Crippen LogP contribution in [0.4, 0.5) is 0 Å². The fraction of sp³-hybridized carbons (Fsp3) is 0.429. The van der Waals surface area contributed by atoms with Crippen LogP contribution in [0.5, 0.6) is 5.75 Å². The van der Waals surface area contributed by atoms with E-state index in [9.17, 15) is 9.59 Å². The van der Waals surface area contributed by atoms with Crippen molar-refractivity contribution in [2.24, 2.45) is 0 Å². The Kier molecular flexibility index (Phi) is 4.92. The van der Waals surface area contributed by atoms with Gasteiger partial charge < -0.3 is 15.2 Å². The molecule has 0 unspecified atom stereocenters. The maximum Gasteiger partial charge on any atom is 0.312 e. The van der Waals surface area contributed by atoms with E-state index >= 15 is 0 Å². The van der Waals surface area contributed by atoms with E-state index in [1.807, 2.05) is 26.8 Å². The van der Waals surface area contributed by atoms with E-state index in [0.29, 0.717) is 6.54 Å². The molecule has 19 heavy (non-hydrogen) atoms. The van der Waals surface area contributed by atoms with E-state index in [1.165, 1.54) is 0 Å². The SMILES string of the molecule is COc1cc(C)c(CNC(=O)CC(=O)O)c(C)c1C. The molecular weight excluding hydrogens is 246 g/mol. The summed E-state index contributed by atoms with van der Waals surface area (Å²) in [5, 5.41) is 11.1. The second kappa shape index (κ2) is 6.22. The van der Waals surface area contributed by atoms with Gasteiger partial charge in [0.1, 0.15) is 12.2 Å². The zero-order chi connectivity index (χ0) is 14.6.